The zero-order valence-electron chi connectivity index (χ0n) is 16.4. The molecular formula is C19H29N3O4Si. The summed E-state index contributed by atoms with van der Waals surface area (Å²) in [7, 11) is -1.13. The zero-order valence-corrected chi connectivity index (χ0v) is 17.4. The molecule has 0 unspecified atom stereocenters. The lowest BCUT2D eigenvalue weighted by atomic mass is 9.86. The number of fused-ring (bicyclic) bond motifs is 1. The molecule has 2 heterocycles. The fourth-order valence-electron chi connectivity index (χ4n) is 3.61. The van der Waals surface area contributed by atoms with Crippen LogP contribution in [-0.4, -0.2) is 40.1 Å². The van der Waals surface area contributed by atoms with Gasteiger partial charge in [-0.15, -0.1) is 0 Å². The number of pyridine rings is 1. The monoisotopic (exact) mass is 391 g/mol. The number of nitrogens with zero attached hydrogens (tertiary/aromatic N) is 3. The molecule has 3 rings (SSSR count). The molecule has 148 valence electrons. The zero-order chi connectivity index (χ0) is 19.6. The summed E-state index contributed by atoms with van der Waals surface area (Å²) in [5, 5.41) is 14.1. The van der Waals surface area contributed by atoms with Crippen molar-refractivity contribution in [3.63, 3.8) is 0 Å². The maximum absolute atomic E-state index is 12.9. The van der Waals surface area contributed by atoms with E-state index in [2.05, 4.69) is 24.7 Å². The van der Waals surface area contributed by atoms with E-state index in [1.165, 1.54) is 0 Å². The van der Waals surface area contributed by atoms with Gasteiger partial charge in [0.2, 0.25) is 0 Å². The largest absolute Gasteiger partial charge is 0.481 e. The highest BCUT2D eigenvalue weighted by Gasteiger charge is 2.27. The molecule has 0 atom stereocenters. The molecule has 2 aromatic rings. The van der Waals surface area contributed by atoms with Gasteiger partial charge in [-0.25, -0.2) is 4.68 Å². The summed E-state index contributed by atoms with van der Waals surface area (Å²) >= 11 is 0. The van der Waals surface area contributed by atoms with Crippen LogP contribution < -0.4 is 5.56 Å². The number of carboxylic acid groups (broad SMARTS) is 1. The normalized spacial score (nSPS) is 20.9. The second kappa shape index (κ2) is 7.98. The topological polar surface area (TPSA) is 86.4 Å². The van der Waals surface area contributed by atoms with Crippen molar-refractivity contribution < 1.29 is 14.6 Å². The fraction of sp³-hybridized carbons (Fsp3) is 0.632. The van der Waals surface area contributed by atoms with Crippen molar-refractivity contribution in [2.24, 2.45) is 5.92 Å². The lowest BCUT2D eigenvalue weighted by Crippen LogP contribution is -2.29. The van der Waals surface area contributed by atoms with Crippen LogP contribution in [0.2, 0.25) is 25.7 Å². The van der Waals surface area contributed by atoms with E-state index in [-0.39, 0.29) is 17.5 Å². The van der Waals surface area contributed by atoms with E-state index in [4.69, 9.17) is 9.84 Å². The van der Waals surface area contributed by atoms with Crippen LogP contribution in [-0.2, 0) is 16.3 Å². The average molecular weight is 392 g/mol. The van der Waals surface area contributed by atoms with Crippen LogP contribution in [0.3, 0.4) is 0 Å². The molecule has 1 aliphatic rings. The number of carboxylic acids is 1. The number of carbonyl (C=O) groups is 1. The summed E-state index contributed by atoms with van der Waals surface area (Å²) < 4.78 is 9.23. The van der Waals surface area contributed by atoms with E-state index in [9.17, 15) is 9.59 Å². The van der Waals surface area contributed by atoms with Gasteiger partial charge in [0.15, 0.2) is 0 Å². The molecule has 1 aliphatic carbocycles. The standard InChI is InChI=1S/C19H29N3O4Si/c1-27(2,3)11-10-26-13-22-17-8-9-21(18(23)16(17)12-20-22)15-6-4-14(5-7-15)19(24)25/h8-9,12,14-15H,4-7,10-11,13H2,1-3H3,(H,24,25). The second-order valence-electron chi connectivity index (χ2n) is 8.66. The summed E-state index contributed by atoms with van der Waals surface area (Å²) in [4.78, 5) is 24.0. The third-order valence-corrected chi connectivity index (χ3v) is 7.09. The van der Waals surface area contributed by atoms with E-state index < -0.39 is 14.0 Å². The molecule has 0 radical (unpaired) electrons. The SMILES string of the molecule is C[Si](C)(C)CCOCn1ncc2c(=O)n(C3CCC(C(=O)O)CC3)ccc21. The highest BCUT2D eigenvalue weighted by molar-refractivity contribution is 6.76. The van der Waals surface area contributed by atoms with Gasteiger partial charge in [0.1, 0.15) is 6.73 Å². The number of hydrogen-bond acceptors (Lipinski definition) is 4. The third-order valence-electron chi connectivity index (χ3n) is 5.39. The van der Waals surface area contributed by atoms with Crippen molar-refractivity contribution in [3.05, 3.63) is 28.8 Å². The molecule has 7 nitrogen and oxygen atoms in total. The first-order chi connectivity index (χ1) is 12.8. The van der Waals surface area contributed by atoms with E-state index in [1.54, 1.807) is 15.4 Å². The smallest absolute Gasteiger partial charge is 0.306 e. The van der Waals surface area contributed by atoms with Crippen LogP contribution in [0, 0.1) is 5.92 Å². The van der Waals surface area contributed by atoms with Crippen LogP contribution in [0.4, 0.5) is 0 Å². The van der Waals surface area contributed by atoms with Crippen LogP contribution in [0.1, 0.15) is 31.7 Å². The van der Waals surface area contributed by atoms with Gasteiger partial charge in [0, 0.05) is 26.9 Å². The van der Waals surface area contributed by atoms with Gasteiger partial charge >= 0.3 is 5.97 Å². The minimum Gasteiger partial charge on any atom is -0.481 e. The Labute approximate surface area is 160 Å². The Morgan fingerprint density at radius 1 is 1.30 bits per heavy atom. The molecule has 0 aliphatic heterocycles. The Morgan fingerprint density at radius 2 is 2.00 bits per heavy atom. The molecule has 27 heavy (non-hydrogen) atoms. The number of hydrogen-bond donors (Lipinski definition) is 1. The van der Waals surface area contributed by atoms with Gasteiger partial charge < -0.3 is 14.4 Å². The van der Waals surface area contributed by atoms with E-state index >= 15 is 0 Å². The Bertz CT molecular complexity index is 860. The number of ether oxygens (including phenoxy) is 1. The molecule has 1 saturated carbocycles. The second-order valence-corrected chi connectivity index (χ2v) is 14.3. The summed E-state index contributed by atoms with van der Waals surface area (Å²) in [5.41, 5.74) is 0.725. The van der Waals surface area contributed by atoms with Crippen molar-refractivity contribution in [2.75, 3.05) is 6.61 Å². The summed E-state index contributed by atoms with van der Waals surface area (Å²) in [6.45, 7) is 7.99. The van der Waals surface area contributed by atoms with E-state index in [1.807, 2.05) is 12.3 Å². The van der Waals surface area contributed by atoms with Gasteiger partial charge in [-0.3, -0.25) is 9.59 Å². The first-order valence-electron chi connectivity index (χ1n) is 9.63. The molecule has 0 saturated heterocycles. The van der Waals surface area contributed by atoms with Crippen molar-refractivity contribution >= 4 is 24.9 Å². The van der Waals surface area contributed by atoms with Gasteiger partial charge in [0.05, 0.1) is 23.0 Å². The lowest BCUT2D eigenvalue weighted by Gasteiger charge is -2.27. The number of rotatable bonds is 7. The minimum absolute atomic E-state index is 0.0559. The number of aromatic nitrogens is 3. The van der Waals surface area contributed by atoms with Gasteiger partial charge in [-0.2, -0.15) is 5.10 Å². The molecule has 0 amide bonds. The van der Waals surface area contributed by atoms with Crippen molar-refractivity contribution in [1.82, 2.24) is 14.3 Å². The molecular weight excluding hydrogens is 362 g/mol. The third kappa shape index (κ3) is 4.68. The summed E-state index contributed by atoms with van der Waals surface area (Å²) in [6.07, 6.45) is 6.10. The highest BCUT2D eigenvalue weighted by Crippen LogP contribution is 2.31. The maximum atomic E-state index is 12.9. The molecule has 0 aromatic carbocycles. The summed E-state index contributed by atoms with van der Waals surface area (Å²) in [5.74, 6) is -1.01. The predicted molar refractivity (Wildman–Crippen MR) is 107 cm³/mol. The van der Waals surface area contributed by atoms with Gasteiger partial charge in [0.25, 0.3) is 5.56 Å². The Balaban J connectivity index is 1.70. The van der Waals surface area contributed by atoms with Crippen molar-refractivity contribution in [1.29, 1.82) is 0 Å². The first kappa shape index (κ1) is 19.8. The predicted octanol–water partition coefficient (Wildman–Crippen LogP) is 3.33. The molecule has 8 heteroatoms. The molecule has 2 aromatic heterocycles. The fourth-order valence-corrected chi connectivity index (χ4v) is 4.37. The molecule has 0 bridgehead atoms. The minimum atomic E-state index is -1.13. The Hall–Kier alpha value is -1.93. The molecule has 1 fully saturated rings. The van der Waals surface area contributed by atoms with Gasteiger partial charge in [-0.1, -0.05) is 19.6 Å². The van der Waals surface area contributed by atoms with Crippen molar-refractivity contribution in [3.8, 4) is 0 Å². The van der Waals surface area contributed by atoms with Crippen LogP contribution >= 0.6 is 0 Å². The average Bonchev–Trinajstić information content (AvgIpc) is 3.02. The molecule has 0 spiro atoms. The first-order valence-corrected chi connectivity index (χ1v) is 13.3. The van der Waals surface area contributed by atoms with Crippen molar-refractivity contribution in [2.45, 2.75) is 64.1 Å². The van der Waals surface area contributed by atoms with Crippen LogP contribution in [0.15, 0.2) is 23.3 Å². The Kier molecular flexibility index (Phi) is 5.85. The quantitative estimate of drug-likeness (QED) is 0.578. The van der Waals surface area contributed by atoms with E-state index in [0.717, 1.165) is 24.4 Å². The Morgan fingerprint density at radius 3 is 2.63 bits per heavy atom. The number of aliphatic carboxylic acids is 1. The summed E-state index contributed by atoms with van der Waals surface area (Å²) in [6, 6.07) is 3.07. The van der Waals surface area contributed by atoms with Crippen LogP contribution in [0.5, 0.6) is 0 Å². The highest BCUT2D eigenvalue weighted by atomic mass is 28.3. The van der Waals surface area contributed by atoms with Crippen LogP contribution in [0.25, 0.3) is 10.9 Å². The maximum Gasteiger partial charge on any atom is 0.306 e. The van der Waals surface area contributed by atoms with E-state index in [0.29, 0.717) is 31.6 Å². The lowest BCUT2D eigenvalue weighted by molar-refractivity contribution is -0.143. The molecule has 1 N–H and O–H groups in total. The van der Waals surface area contributed by atoms with Gasteiger partial charge in [-0.05, 0) is 37.8 Å².